The maximum atomic E-state index is 13.1. The molecule has 7 nitrogen and oxygen atoms in total. The number of halogens is 4. The standard InChI is InChI=1S/C25H23ClF3N5O2/c26-21-4-2-17(11-20(21)25(27,28)29)32-24(36)31-16-3-6-23-19(10-16)18-9-14(1-5-22(18)33-23)15-12-30-34(13-15)7-8-35/h1-2,4-5,9,11-13,16,33,35H,3,6-8,10H2,(H2,31,32,36). The number of urea groups is 1. The van der Waals surface area contributed by atoms with Crippen LogP contribution in [0.1, 0.15) is 23.2 Å². The number of aryl methyl sites for hydroxylation is 1. The molecule has 0 fully saturated rings. The van der Waals surface area contributed by atoms with E-state index in [1.165, 1.54) is 6.07 Å². The fraction of sp³-hybridized carbons (Fsp3) is 0.280. The summed E-state index contributed by atoms with van der Waals surface area (Å²) in [7, 11) is 0. The molecule has 0 saturated heterocycles. The van der Waals surface area contributed by atoms with Crippen LogP contribution in [-0.2, 0) is 25.6 Å². The van der Waals surface area contributed by atoms with Crippen LogP contribution in [0.2, 0.25) is 5.02 Å². The molecule has 5 rings (SSSR count). The molecule has 2 aromatic heterocycles. The molecule has 2 amide bonds. The third-order valence-electron chi connectivity index (χ3n) is 6.35. The van der Waals surface area contributed by atoms with E-state index in [2.05, 4.69) is 26.8 Å². The number of benzene rings is 2. The summed E-state index contributed by atoms with van der Waals surface area (Å²) in [5, 5.41) is 19.4. The molecule has 1 unspecified atom stereocenters. The fourth-order valence-corrected chi connectivity index (χ4v) is 4.85. The van der Waals surface area contributed by atoms with Gasteiger partial charge in [0.2, 0.25) is 0 Å². The van der Waals surface area contributed by atoms with Crippen LogP contribution in [0.4, 0.5) is 23.7 Å². The van der Waals surface area contributed by atoms with Crippen molar-refractivity contribution in [2.24, 2.45) is 0 Å². The largest absolute Gasteiger partial charge is 0.417 e. The highest BCUT2D eigenvalue weighted by molar-refractivity contribution is 6.31. The average molecular weight is 518 g/mol. The molecule has 1 aliphatic carbocycles. The SMILES string of the molecule is O=C(Nc1ccc(Cl)c(C(F)(F)F)c1)NC1CCc2[nH]c3ccc(-c4cnn(CCO)c4)cc3c2C1. The van der Waals surface area contributed by atoms with Gasteiger partial charge in [-0.15, -0.1) is 0 Å². The first-order chi connectivity index (χ1) is 17.2. The molecule has 1 atom stereocenters. The van der Waals surface area contributed by atoms with E-state index in [1.54, 1.807) is 10.9 Å². The second-order valence-electron chi connectivity index (χ2n) is 8.79. The summed E-state index contributed by atoms with van der Waals surface area (Å²) >= 11 is 5.66. The van der Waals surface area contributed by atoms with Crippen molar-refractivity contribution in [1.82, 2.24) is 20.1 Å². The Morgan fingerprint density at radius 3 is 2.83 bits per heavy atom. The Morgan fingerprint density at radius 1 is 1.22 bits per heavy atom. The van der Waals surface area contributed by atoms with Crippen LogP contribution in [-0.4, -0.2) is 38.6 Å². The summed E-state index contributed by atoms with van der Waals surface area (Å²) in [6.07, 6.45) is 1.04. The predicted octanol–water partition coefficient (Wildman–Crippen LogP) is 5.37. The number of hydrogen-bond acceptors (Lipinski definition) is 3. The smallest absolute Gasteiger partial charge is 0.394 e. The third kappa shape index (κ3) is 4.91. The molecule has 0 aliphatic heterocycles. The number of aliphatic hydroxyl groups excluding tert-OH is 1. The minimum atomic E-state index is -4.61. The zero-order valence-electron chi connectivity index (χ0n) is 19.0. The number of carbonyl (C=O) groups is 1. The summed E-state index contributed by atoms with van der Waals surface area (Å²) in [6, 6.07) is 8.63. The lowest BCUT2D eigenvalue weighted by Gasteiger charge is -2.24. The number of nitrogens with zero attached hydrogens (tertiary/aromatic N) is 2. The van der Waals surface area contributed by atoms with Gasteiger partial charge in [-0.2, -0.15) is 18.3 Å². The van der Waals surface area contributed by atoms with Crippen LogP contribution in [0.5, 0.6) is 0 Å². The second kappa shape index (κ2) is 9.51. The highest BCUT2D eigenvalue weighted by Gasteiger charge is 2.33. The van der Waals surface area contributed by atoms with Gasteiger partial charge in [-0.3, -0.25) is 4.68 Å². The number of rotatable bonds is 5. The number of amides is 2. The summed E-state index contributed by atoms with van der Waals surface area (Å²) in [5.41, 5.74) is 4.16. The molecular formula is C25H23ClF3N5O2. The highest BCUT2D eigenvalue weighted by Crippen LogP contribution is 2.36. The highest BCUT2D eigenvalue weighted by atomic mass is 35.5. The van der Waals surface area contributed by atoms with Gasteiger partial charge in [0, 0.05) is 40.1 Å². The topological polar surface area (TPSA) is 95.0 Å². The number of aromatic nitrogens is 3. The summed E-state index contributed by atoms with van der Waals surface area (Å²) < 4.78 is 41.0. The predicted molar refractivity (Wildman–Crippen MR) is 131 cm³/mol. The van der Waals surface area contributed by atoms with Gasteiger partial charge in [0.05, 0.1) is 29.9 Å². The molecule has 4 N–H and O–H groups in total. The van der Waals surface area contributed by atoms with Crippen LogP contribution >= 0.6 is 11.6 Å². The lowest BCUT2D eigenvalue weighted by molar-refractivity contribution is -0.137. The molecule has 11 heteroatoms. The molecule has 4 aromatic rings. The number of H-pyrrole nitrogens is 1. The summed E-state index contributed by atoms with van der Waals surface area (Å²) in [4.78, 5) is 16.0. The number of alkyl halides is 3. The zero-order chi connectivity index (χ0) is 25.4. The van der Waals surface area contributed by atoms with Gasteiger partial charge >= 0.3 is 12.2 Å². The van der Waals surface area contributed by atoms with Crippen molar-refractivity contribution in [3.05, 3.63) is 70.6 Å². The van der Waals surface area contributed by atoms with Crippen molar-refractivity contribution in [1.29, 1.82) is 0 Å². The first-order valence-corrected chi connectivity index (χ1v) is 11.8. The van der Waals surface area contributed by atoms with Crippen LogP contribution in [0.25, 0.3) is 22.0 Å². The van der Waals surface area contributed by atoms with Gasteiger partial charge < -0.3 is 20.7 Å². The minimum absolute atomic E-state index is 0.00888. The third-order valence-corrected chi connectivity index (χ3v) is 6.68. The van der Waals surface area contributed by atoms with Crippen LogP contribution in [0.15, 0.2) is 48.8 Å². The second-order valence-corrected chi connectivity index (χ2v) is 9.20. The number of aromatic amines is 1. The lowest BCUT2D eigenvalue weighted by Crippen LogP contribution is -2.41. The molecule has 36 heavy (non-hydrogen) atoms. The van der Waals surface area contributed by atoms with Crippen molar-refractivity contribution in [2.75, 3.05) is 11.9 Å². The van der Waals surface area contributed by atoms with E-state index in [-0.39, 0.29) is 18.3 Å². The number of nitrogens with one attached hydrogen (secondary N) is 3. The van der Waals surface area contributed by atoms with E-state index in [9.17, 15) is 18.0 Å². The van der Waals surface area contributed by atoms with Gasteiger partial charge in [-0.25, -0.2) is 4.79 Å². The molecule has 0 bridgehead atoms. The van der Waals surface area contributed by atoms with E-state index in [1.807, 2.05) is 18.3 Å². The maximum Gasteiger partial charge on any atom is 0.417 e. The Balaban J connectivity index is 1.31. The number of hydrogen-bond donors (Lipinski definition) is 4. The normalized spacial score (nSPS) is 15.6. The van der Waals surface area contributed by atoms with Gasteiger partial charge in [0.1, 0.15) is 0 Å². The number of carbonyl (C=O) groups excluding carboxylic acids is 1. The molecule has 0 spiro atoms. The molecule has 2 heterocycles. The minimum Gasteiger partial charge on any atom is -0.394 e. The zero-order valence-corrected chi connectivity index (χ0v) is 19.7. The van der Waals surface area contributed by atoms with Crippen molar-refractivity contribution in [3.8, 4) is 11.1 Å². The first-order valence-electron chi connectivity index (χ1n) is 11.4. The van der Waals surface area contributed by atoms with Crippen LogP contribution in [0.3, 0.4) is 0 Å². The van der Waals surface area contributed by atoms with Crippen molar-refractivity contribution in [3.63, 3.8) is 0 Å². The van der Waals surface area contributed by atoms with E-state index in [4.69, 9.17) is 16.7 Å². The number of anilines is 1. The number of aliphatic hydroxyl groups is 1. The number of fused-ring (bicyclic) bond motifs is 3. The average Bonchev–Trinajstić information content (AvgIpc) is 3.44. The van der Waals surface area contributed by atoms with Gasteiger partial charge in [0.15, 0.2) is 0 Å². The Labute approximate surface area is 209 Å². The van der Waals surface area contributed by atoms with Crippen LogP contribution in [0, 0.1) is 0 Å². The molecule has 0 saturated carbocycles. The van der Waals surface area contributed by atoms with E-state index in [0.717, 1.165) is 51.8 Å². The van der Waals surface area contributed by atoms with Gasteiger partial charge in [-0.1, -0.05) is 17.7 Å². The van der Waals surface area contributed by atoms with E-state index in [0.29, 0.717) is 19.4 Å². The Bertz CT molecular complexity index is 1430. The first kappa shape index (κ1) is 24.2. The Morgan fingerprint density at radius 2 is 2.06 bits per heavy atom. The van der Waals surface area contributed by atoms with E-state index >= 15 is 0 Å². The monoisotopic (exact) mass is 517 g/mol. The van der Waals surface area contributed by atoms with Crippen molar-refractivity contribution >= 4 is 34.2 Å². The fourth-order valence-electron chi connectivity index (χ4n) is 4.63. The maximum absolute atomic E-state index is 13.1. The molecule has 2 aromatic carbocycles. The molecular weight excluding hydrogens is 495 g/mol. The molecule has 188 valence electrons. The quantitative estimate of drug-likeness (QED) is 0.286. The summed E-state index contributed by atoms with van der Waals surface area (Å²) in [6.45, 7) is 0.430. The summed E-state index contributed by atoms with van der Waals surface area (Å²) in [5.74, 6) is 0. The van der Waals surface area contributed by atoms with Crippen molar-refractivity contribution in [2.45, 2.75) is 38.0 Å². The van der Waals surface area contributed by atoms with Gasteiger partial charge in [0.25, 0.3) is 0 Å². The van der Waals surface area contributed by atoms with Crippen LogP contribution < -0.4 is 10.6 Å². The Kier molecular flexibility index (Phi) is 6.40. The molecule has 1 aliphatic rings. The molecule has 0 radical (unpaired) electrons. The Hall–Kier alpha value is -3.50. The van der Waals surface area contributed by atoms with Crippen molar-refractivity contribution < 1.29 is 23.1 Å². The lowest BCUT2D eigenvalue weighted by atomic mass is 9.91. The van der Waals surface area contributed by atoms with E-state index < -0.39 is 22.8 Å². The van der Waals surface area contributed by atoms with Gasteiger partial charge in [-0.05, 0) is 60.7 Å².